The van der Waals surface area contributed by atoms with Crippen molar-refractivity contribution < 1.29 is 19.1 Å². The summed E-state index contributed by atoms with van der Waals surface area (Å²) in [5, 5.41) is 2.72. The minimum atomic E-state index is -0.963. The van der Waals surface area contributed by atoms with Crippen molar-refractivity contribution in [3.8, 4) is 5.75 Å². The van der Waals surface area contributed by atoms with E-state index >= 15 is 0 Å². The number of hydrogen-bond donors (Lipinski definition) is 2. The lowest BCUT2D eigenvalue weighted by Gasteiger charge is -2.15. The molecule has 0 fully saturated rings. The van der Waals surface area contributed by atoms with E-state index in [-0.39, 0.29) is 0 Å². The van der Waals surface area contributed by atoms with Crippen LogP contribution in [0.5, 0.6) is 5.75 Å². The molecule has 134 valence electrons. The van der Waals surface area contributed by atoms with Crippen LogP contribution in [0.1, 0.15) is 24.2 Å². The topological polar surface area (TPSA) is 93.3 Å². The highest BCUT2D eigenvalue weighted by Gasteiger charge is 2.20. The van der Waals surface area contributed by atoms with E-state index in [0.29, 0.717) is 23.6 Å². The second kappa shape index (κ2) is 7.69. The van der Waals surface area contributed by atoms with Crippen LogP contribution in [0.25, 0.3) is 11.0 Å². The lowest BCUT2D eigenvalue weighted by atomic mass is 10.2. The highest BCUT2D eigenvalue weighted by molar-refractivity contribution is 5.99. The Morgan fingerprint density at radius 3 is 2.85 bits per heavy atom. The number of carbonyl (C=O) groups excluding carboxylic acids is 2. The molecule has 0 saturated heterocycles. The van der Waals surface area contributed by atoms with Gasteiger partial charge in [0.1, 0.15) is 5.75 Å². The van der Waals surface area contributed by atoms with Gasteiger partial charge in [-0.3, -0.25) is 4.79 Å². The van der Waals surface area contributed by atoms with Gasteiger partial charge in [0, 0.05) is 0 Å². The van der Waals surface area contributed by atoms with Crippen LogP contribution in [-0.2, 0) is 9.53 Å². The first-order valence-electron chi connectivity index (χ1n) is 8.25. The summed E-state index contributed by atoms with van der Waals surface area (Å²) in [4.78, 5) is 31.7. The first-order valence-corrected chi connectivity index (χ1v) is 8.25. The summed E-state index contributed by atoms with van der Waals surface area (Å²) in [5.74, 6) is -0.457. The normalized spacial score (nSPS) is 11.8. The van der Waals surface area contributed by atoms with Crippen LogP contribution < -0.4 is 10.1 Å². The number of para-hydroxylation sites is 2. The van der Waals surface area contributed by atoms with E-state index in [9.17, 15) is 9.59 Å². The second-order valence-electron chi connectivity index (χ2n) is 5.60. The number of nitrogens with zero attached hydrogens (tertiary/aromatic N) is 1. The molecule has 0 aliphatic heterocycles. The Morgan fingerprint density at radius 2 is 2.04 bits per heavy atom. The number of H-pyrrole nitrogens is 1. The molecule has 0 saturated carbocycles. The largest absolute Gasteiger partial charge is 0.492 e. The average Bonchev–Trinajstić information content (AvgIpc) is 3.11. The van der Waals surface area contributed by atoms with Crippen LogP contribution in [0, 0.1) is 0 Å². The van der Waals surface area contributed by atoms with E-state index in [1.54, 1.807) is 42.7 Å². The van der Waals surface area contributed by atoms with Gasteiger partial charge in [0.25, 0.3) is 5.91 Å². The number of carbonyl (C=O) groups is 2. The number of aromatic nitrogens is 2. The fourth-order valence-electron chi connectivity index (χ4n) is 2.43. The zero-order valence-electron chi connectivity index (χ0n) is 14.5. The van der Waals surface area contributed by atoms with Crippen LogP contribution in [0.3, 0.4) is 0 Å². The third kappa shape index (κ3) is 3.83. The molecule has 0 spiro atoms. The van der Waals surface area contributed by atoms with Crippen LogP contribution >= 0.6 is 0 Å². The van der Waals surface area contributed by atoms with E-state index < -0.39 is 18.0 Å². The minimum Gasteiger partial charge on any atom is -0.492 e. The number of ether oxygens (including phenoxy) is 2. The lowest BCUT2D eigenvalue weighted by molar-refractivity contribution is -0.123. The van der Waals surface area contributed by atoms with Crippen molar-refractivity contribution in [2.45, 2.75) is 20.0 Å². The molecule has 1 unspecified atom stereocenters. The summed E-state index contributed by atoms with van der Waals surface area (Å²) in [5.41, 5.74) is 2.35. The molecule has 7 nitrogen and oxygen atoms in total. The Hall–Kier alpha value is -3.35. The fourth-order valence-corrected chi connectivity index (χ4v) is 2.43. The van der Waals surface area contributed by atoms with Gasteiger partial charge in [-0.05, 0) is 44.2 Å². The first kappa shape index (κ1) is 17.5. The number of nitrogens with one attached hydrogen (secondary N) is 2. The van der Waals surface area contributed by atoms with E-state index in [2.05, 4.69) is 15.3 Å². The lowest BCUT2D eigenvalue weighted by Crippen LogP contribution is -2.30. The molecule has 1 atom stereocenters. The molecular weight excluding hydrogens is 334 g/mol. The minimum absolute atomic E-state index is 0.344. The van der Waals surface area contributed by atoms with Crippen LogP contribution in [0.4, 0.5) is 5.69 Å². The highest BCUT2D eigenvalue weighted by Crippen LogP contribution is 2.24. The third-order valence-corrected chi connectivity index (χ3v) is 3.75. The zero-order chi connectivity index (χ0) is 18.5. The summed E-state index contributed by atoms with van der Waals surface area (Å²) >= 11 is 0. The number of benzene rings is 2. The number of rotatable bonds is 6. The predicted octanol–water partition coefficient (Wildman–Crippen LogP) is 3.15. The summed E-state index contributed by atoms with van der Waals surface area (Å²) in [6.45, 7) is 3.86. The summed E-state index contributed by atoms with van der Waals surface area (Å²) < 4.78 is 10.7. The molecule has 0 radical (unpaired) electrons. The summed E-state index contributed by atoms with van der Waals surface area (Å²) in [6.07, 6.45) is 0.584. The van der Waals surface area contributed by atoms with Gasteiger partial charge in [-0.15, -0.1) is 0 Å². The van der Waals surface area contributed by atoms with Gasteiger partial charge in [0.05, 0.1) is 35.2 Å². The van der Waals surface area contributed by atoms with Gasteiger partial charge in [-0.1, -0.05) is 12.1 Å². The Morgan fingerprint density at radius 1 is 1.23 bits per heavy atom. The van der Waals surface area contributed by atoms with Gasteiger partial charge in [0.2, 0.25) is 0 Å². The monoisotopic (exact) mass is 353 g/mol. The molecule has 7 heteroatoms. The average molecular weight is 353 g/mol. The molecule has 0 aliphatic carbocycles. The van der Waals surface area contributed by atoms with Gasteiger partial charge >= 0.3 is 5.97 Å². The van der Waals surface area contributed by atoms with Crippen molar-refractivity contribution >= 4 is 28.6 Å². The van der Waals surface area contributed by atoms with Crippen molar-refractivity contribution in [3.05, 3.63) is 54.4 Å². The van der Waals surface area contributed by atoms with Crippen molar-refractivity contribution in [1.29, 1.82) is 0 Å². The van der Waals surface area contributed by atoms with Crippen molar-refractivity contribution in [2.75, 3.05) is 11.9 Å². The van der Waals surface area contributed by atoms with Gasteiger partial charge in [-0.2, -0.15) is 0 Å². The molecule has 0 bridgehead atoms. The number of esters is 1. The summed E-state index contributed by atoms with van der Waals surface area (Å²) in [7, 11) is 0. The summed E-state index contributed by atoms with van der Waals surface area (Å²) in [6, 6.07) is 12.1. The Kier molecular flexibility index (Phi) is 5.17. The second-order valence-corrected chi connectivity index (χ2v) is 5.60. The molecule has 1 amide bonds. The van der Waals surface area contributed by atoms with Crippen molar-refractivity contribution in [3.63, 3.8) is 0 Å². The molecule has 1 heterocycles. The molecule has 26 heavy (non-hydrogen) atoms. The van der Waals surface area contributed by atoms with E-state index in [1.807, 2.05) is 13.0 Å². The van der Waals surface area contributed by atoms with Crippen molar-refractivity contribution in [1.82, 2.24) is 9.97 Å². The highest BCUT2D eigenvalue weighted by atomic mass is 16.5. The molecule has 0 aliphatic rings. The number of amides is 1. The molecule has 3 rings (SSSR count). The number of fused-ring (bicyclic) bond motifs is 1. The Labute approximate surface area is 150 Å². The van der Waals surface area contributed by atoms with E-state index in [0.717, 1.165) is 11.0 Å². The van der Waals surface area contributed by atoms with Crippen LogP contribution in [0.15, 0.2) is 48.8 Å². The van der Waals surface area contributed by atoms with Gasteiger partial charge in [0.15, 0.2) is 6.10 Å². The van der Waals surface area contributed by atoms with E-state index in [4.69, 9.17) is 9.47 Å². The van der Waals surface area contributed by atoms with Gasteiger partial charge < -0.3 is 19.8 Å². The maximum Gasteiger partial charge on any atom is 0.338 e. The van der Waals surface area contributed by atoms with Crippen LogP contribution in [-0.4, -0.2) is 34.6 Å². The predicted molar refractivity (Wildman–Crippen MR) is 97.2 cm³/mol. The molecule has 2 aromatic carbocycles. The Bertz CT molecular complexity index is 935. The van der Waals surface area contributed by atoms with Crippen molar-refractivity contribution in [2.24, 2.45) is 0 Å². The molecular formula is C19H19N3O4. The van der Waals surface area contributed by atoms with Crippen LogP contribution in [0.2, 0.25) is 0 Å². The number of hydrogen-bond acceptors (Lipinski definition) is 5. The number of aromatic amines is 1. The maximum absolute atomic E-state index is 12.3. The zero-order valence-corrected chi connectivity index (χ0v) is 14.5. The fraction of sp³-hybridized carbons (Fsp3) is 0.211. The third-order valence-electron chi connectivity index (χ3n) is 3.75. The number of anilines is 1. The Balaban J connectivity index is 1.66. The SMILES string of the molecule is CCOc1ccccc1NC(=O)C(C)OC(=O)c1ccc2nc[nH]c2c1. The standard InChI is InChI=1S/C19H19N3O4/c1-3-25-17-7-5-4-6-15(17)22-18(23)12(2)26-19(24)13-8-9-14-16(10-13)21-11-20-14/h4-12H,3H2,1-2H3,(H,20,21)(H,22,23). The van der Waals surface area contributed by atoms with E-state index in [1.165, 1.54) is 6.92 Å². The quantitative estimate of drug-likeness (QED) is 0.664. The smallest absolute Gasteiger partial charge is 0.338 e. The molecule has 3 aromatic rings. The maximum atomic E-state index is 12.3. The van der Waals surface area contributed by atoms with Gasteiger partial charge in [-0.25, -0.2) is 9.78 Å². The molecule has 2 N–H and O–H groups in total. The number of imidazole rings is 1. The first-order chi connectivity index (χ1) is 12.6. The molecule has 1 aromatic heterocycles.